The van der Waals surface area contributed by atoms with Gasteiger partial charge >= 0.3 is 0 Å². The van der Waals surface area contributed by atoms with Crippen molar-refractivity contribution in [3.63, 3.8) is 0 Å². The molecule has 0 unspecified atom stereocenters. The molecule has 1 aromatic rings. The molecule has 17 heavy (non-hydrogen) atoms. The van der Waals surface area contributed by atoms with E-state index in [0.717, 1.165) is 6.54 Å². The number of nitrogens with zero attached hydrogens (tertiary/aromatic N) is 1. The number of nitriles is 1. The summed E-state index contributed by atoms with van der Waals surface area (Å²) in [6, 6.07) is 6.63. The van der Waals surface area contributed by atoms with E-state index in [1.807, 2.05) is 17.8 Å². The smallest absolute Gasteiger partial charge is 0.143 e. The zero-order chi connectivity index (χ0) is 12.1. The highest BCUT2D eigenvalue weighted by molar-refractivity contribution is 7.99. The largest absolute Gasteiger partial charge is 0.384 e. The molecule has 0 atom stereocenters. The molecule has 1 N–H and O–H groups in total. The fourth-order valence-electron chi connectivity index (χ4n) is 1.99. The molecule has 1 heterocycles. The topological polar surface area (TPSA) is 35.8 Å². The molecule has 0 spiro atoms. The van der Waals surface area contributed by atoms with Gasteiger partial charge in [-0.15, -0.1) is 0 Å². The van der Waals surface area contributed by atoms with Crippen molar-refractivity contribution in [2.45, 2.75) is 12.8 Å². The number of anilines is 1. The average Bonchev–Trinajstić information content (AvgIpc) is 2.37. The van der Waals surface area contributed by atoms with Crippen LogP contribution in [0.2, 0.25) is 0 Å². The van der Waals surface area contributed by atoms with E-state index in [0.29, 0.717) is 11.6 Å². The van der Waals surface area contributed by atoms with Gasteiger partial charge in [0, 0.05) is 6.54 Å². The minimum atomic E-state index is -0.448. The third-order valence-electron chi connectivity index (χ3n) is 3.05. The van der Waals surface area contributed by atoms with Crippen molar-refractivity contribution in [2.75, 3.05) is 23.4 Å². The third kappa shape index (κ3) is 3.13. The summed E-state index contributed by atoms with van der Waals surface area (Å²) in [6.07, 6.45) is 2.41. The van der Waals surface area contributed by atoms with Crippen LogP contribution in [0.4, 0.5) is 10.1 Å². The second-order valence-corrected chi connectivity index (χ2v) is 5.44. The van der Waals surface area contributed by atoms with Crippen molar-refractivity contribution in [1.29, 1.82) is 5.26 Å². The molecule has 1 aliphatic heterocycles. The predicted molar refractivity (Wildman–Crippen MR) is 69.7 cm³/mol. The second kappa shape index (κ2) is 5.92. The fraction of sp³-hybridized carbons (Fsp3) is 0.462. The normalized spacial score (nSPS) is 16.5. The second-order valence-electron chi connectivity index (χ2n) is 4.21. The zero-order valence-corrected chi connectivity index (χ0v) is 10.4. The van der Waals surface area contributed by atoms with Gasteiger partial charge in [-0.25, -0.2) is 4.39 Å². The lowest BCUT2D eigenvalue weighted by atomic mass is 10.0. The Balaban J connectivity index is 1.99. The van der Waals surface area contributed by atoms with Crippen molar-refractivity contribution in [2.24, 2.45) is 5.92 Å². The maximum atomic E-state index is 13.4. The van der Waals surface area contributed by atoms with Gasteiger partial charge < -0.3 is 5.32 Å². The van der Waals surface area contributed by atoms with Gasteiger partial charge in [0.2, 0.25) is 0 Å². The first-order chi connectivity index (χ1) is 8.31. The highest BCUT2D eigenvalue weighted by atomic mass is 32.2. The summed E-state index contributed by atoms with van der Waals surface area (Å²) >= 11 is 1.99. The summed E-state index contributed by atoms with van der Waals surface area (Å²) in [5.74, 6) is 2.61. The van der Waals surface area contributed by atoms with Crippen molar-refractivity contribution in [3.8, 4) is 6.07 Å². The number of hydrogen-bond donors (Lipinski definition) is 1. The Hall–Kier alpha value is -1.21. The molecular weight excluding hydrogens is 235 g/mol. The molecule has 0 saturated carbocycles. The zero-order valence-electron chi connectivity index (χ0n) is 9.58. The number of halogens is 1. The molecule has 0 amide bonds. The number of hydrogen-bond acceptors (Lipinski definition) is 3. The first-order valence-corrected chi connectivity index (χ1v) is 6.97. The number of benzene rings is 1. The minimum absolute atomic E-state index is 0.123. The van der Waals surface area contributed by atoms with E-state index in [-0.39, 0.29) is 5.56 Å². The van der Waals surface area contributed by atoms with Gasteiger partial charge in [0.25, 0.3) is 0 Å². The maximum Gasteiger partial charge on any atom is 0.143 e. The molecule has 1 aromatic carbocycles. The maximum absolute atomic E-state index is 13.4. The SMILES string of the molecule is N#Cc1c(F)cccc1NCC1CCSCC1. The molecule has 2 nitrogen and oxygen atoms in total. The molecule has 1 aliphatic rings. The van der Waals surface area contributed by atoms with Gasteiger partial charge in [0.15, 0.2) is 0 Å². The molecule has 90 valence electrons. The van der Waals surface area contributed by atoms with E-state index in [4.69, 9.17) is 5.26 Å². The van der Waals surface area contributed by atoms with Crippen molar-refractivity contribution in [1.82, 2.24) is 0 Å². The van der Waals surface area contributed by atoms with Crippen LogP contribution in [0.3, 0.4) is 0 Å². The van der Waals surface area contributed by atoms with Gasteiger partial charge in [-0.05, 0) is 42.4 Å². The Morgan fingerprint density at radius 1 is 1.41 bits per heavy atom. The Kier molecular flexibility index (Phi) is 4.27. The third-order valence-corrected chi connectivity index (χ3v) is 4.10. The van der Waals surface area contributed by atoms with Crippen LogP contribution in [0.15, 0.2) is 18.2 Å². The summed E-state index contributed by atoms with van der Waals surface area (Å²) in [6.45, 7) is 0.832. The quantitative estimate of drug-likeness (QED) is 0.894. The van der Waals surface area contributed by atoms with E-state index in [2.05, 4.69) is 5.32 Å². The molecule has 1 fully saturated rings. The van der Waals surface area contributed by atoms with Gasteiger partial charge in [0.1, 0.15) is 17.4 Å². The summed E-state index contributed by atoms with van der Waals surface area (Å²) in [7, 11) is 0. The van der Waals surface area contributed by atoms with E-state index >= 15 is 0 Å². The molecule has 4 heteroatoms. The Bertz CT molecular complexity index is 422. The van der Waals surface area contributed by atoms with E-state index < -0.39 is 5.82 Å². The molecule has 2 rings (SSSR count). The van der Waals surface area contributed by atoms with Crippen LogP contribution in [0.5, 0.6) is 0 Å². The van der Waals surface area contributed by atoms with Gasteiger partial charge in [-0.1, -0.05) is 6.07 Å². The van der Waals surface area contributed by atoms with Crippen LogP contribution < -0.4 is 5.32 Å². The van der Waals surface area contributed by atoms with Crippen LogP contribution in [0.1, 0.15) is 18.4 Å². The molecule has 0 radical (unpaired) electrons. The molecule has 0 aliphatic carbocycles. The molecule has 0 bridgehead atoms. The average molecular weight is 250 g/mol. The lowest BCUT2D eigenvalue weighted by Gasteiger charge is -2.22. The van der Waals surface area contributed by atoms with Crippen LogP contribution >= 0.6 is 11.8 Å². The summed E-state index contributed by atoms with van der Waals surface area (Å²) in [5.41, 5.74) is 0.739. The van der Waals surface area contributed by atoms with Gasteiger partial charge in [-0.2, -0.15) is 17.0 Å². The van der Waals surface area contributed by atoms with E-state index in [1.54, 1.807) is 12.1 Å². The monoisotopic (exact) mass is 250 g/mol. The van der Waals surface area contributed by atoms with Crippen molar-refractivity contribution < 1.29 is 4.39 Å². The van der Waals surface area contributed by atoms with Crippen molar-refractivity contribution in [3.05, 3.63) is 29.6 Å². The Morgan fingerprint density at radius 2 is 2.18 bits per heavy atom. The molecule has 0 aromatic heterocycles. The van der Waals surface area contributed by atoms with Crippen LogP contribution in [0, 0.1) is 23.1 Å². The van der Waals surface area contributed by atoms with Crippen LogP contribution in [-0.2, 0) is 0 Å². The van der Waals surface area contributed by atoms with E-state index in [9.17, 15) is 4.39 Å². The number of thioether (sulfide) groups is 1. The van der Waals surface area contributed by atoms with Crippen LogP contribution in [0.25, 0.3) is 0 Å². The lowest BCUT2D eigenvalue weighted by Crippen LogP contribution is -2.19. The first-order valence-electron chi connectivity index (χ1n) is 5.81. The number of nitrogens with one attached hydrogen (secondary N) is 1. The predicted octanol–water partition coefficient (Wildman–Crippen LogP) is 3.25. The first kappa shape index (κ1) is 12.3. The van der Waals surface area contributed by atoms with Gasteiger partial charge in [-0.3, -0.25) is 0 Å². The summed E-state index contributed by atoms with van der Waals surface area (Å²) in [5, 5.41) is 12.1. The molecule has 1 saturated heterocycles. The highest BCUT2D eigenvalue weighted by Gasteiger charge is 2.14. The lowest BCUT2D eigenvalue weighted by molar-refractivity contribution is 0.516. The van der Waals surface area contributed by atoms with E-state index in [1.165, 1.54) is 30.4 Å². The summed E-state index contributed by atoms with van der Waals surface area (Å²) < 4.78 is 13.4. The fourth-order valence-corrected chi connectivity index (χ4v) is 3.19. The Labute approximate surface area is 105 Å². The summed E-state index contributed by atoms with van der Waals surface area (Å²) in [4.78, 5) is 0. The highest BCUT2D eigenvalue weighted by Crippen LogP contribution is 2.24. The Morgan fingerprint density at radius 3 is 2.88 bits per heavy atom. The number of rotatable bonds is 3. The van der Waals surface area contributed by atoms with Crippen molar-refractivity contribution >= 4 is 17.4 Å². The van der Waals surface area contributed by atoms with Gasteiger partial charge in [0.05, 0.1) is 5.69 Å². The minimum Gasteiger partial charge on any atom is -0.384 e. The molecular formula is C13H15FN2S. The van der Waals surface area contributed by atoms with Crippen LogP contribution in [-0.4, -0.2) is 18.1 Å². The standard InChI is InChI=1S/C13H15FN2S/c14-12-2-1-3-13(11(12)8-15)16-9-10-4-6-17-7-5-10/h1-3,10,16H,4-7,9H2.